The fourth-order valence-corrected chi connectivity index (χ4v) is 1.48. The van der Waals surface area contributed by atoms with Crippen molar-refractivity contribution < 1.29 is 9.53 Å². The van der Waals surface area contributed by atoms with Crippen molar-refractivity contribution in [2.45, 2.75) is 26.6 Å². The molecule has 0 spiro atoms. The highest BCUT2D eigenvalue weighted by Gasteiger charge is 2.28. The van der Waals surface area contributed by atoms with Gasteiger partial charge in [-0.2, -0.15) is 0 Å². The molecule has 0 radical (unpaired) electrons. The number of ether oxygens (including phenoxy) is 1. The normalized spacial score (nSPS) is 11.2. The number of likely N-dealkylation sites (N-methyl/N-ethyl adjacent to an activating group) is 3. The molecule has 0 bridgehead atoms. The molecule has 0 saturated heterocycles. The van der Waals surface area contributed by atoms with Gasteiger partial charge in [-0.05, 0) is 19.6 Å². The Hall–Kier alpha value is -0.910. The summed E-state index contributed by atoms with van der Waals surface area (Å²) in [4.78, 5) is 11.0. The first-order valence-electron chi connectivity index (χ1n) is 5.68. The summed E-state index contributed by atoms with van der Waals surface area (Å²) in [5.41, 5.74) is 0. The first-order chi connectivity index (χ1) is 7.64. The first-order valence-corrected chi connectivity index (χ1v) is 5.68. The van der Waals surface area contributed by atoms with E-state index in [2.05, 4.69) is 22.5 Å². The van der Waals surface area contributed by atoms with E-state index in [1.807, 2.05) is 20.8 Å². The third kappa shape index (κ3) is 5.25. The van der Waals surface area contributed by atoms with Gasteiger partial charge in [0.2, 0.25) is 0 Å². The molecule has 16 heavy (non-hydrogen) atoms. The van der Waals surface area contributed by atoms with Crippen LogP contribution in [0.3, 0.4) is 0 Å². The maximum absolute atomic E-state index is 11.0. The Morgan fingerprint density at radius 3 is 1.94 bits per heavy atom. The van der Waals surface area contributed by atoms with E-state index in [-0.39, 0.29) is 6.61 Å². The number of esters is 1. The van der Waals surface area contributed by atoms with Crippen LogP contribution >= 0.6 is 0 Å². The lowest BCUT2D eigenvalue weighted by Crippen LogP contribution is -2.69. The number of rotatable bonds is 9. The molecule has 0 heterocycles. The molecule has 0 rings (SSSR count). The van der Waals surface area contributed by atoms with Crippen LogP contribution < -0.4 is 16.0 Å². The average Bonchev–Trinajstić information content (AvgIpc) is 2.27. The fourth-order valence-electron chi connectivity index (χ4n) is 1.48. The Kier molecular flexibility index (Phi) is 7.80. The van der Waals surface area contributed by atoms with Crippen LogP contribution in [0.1, 0.15) is 20.8 Å². The molecule has 0 fully saturated rings. The van der Waals surface area contributed by atoms with Gasteiger partial charge in [-0.25, -0.2) is 4.79 Å². The summed E-state index contributed by atoms with van der Waals surface area (Å²) in [6, 6.07) is 0. The Labute approximate surface area is 97.6 Å². The van der Waals surface area contributed by atoms with E-state index in [1.54, 1.807) is 0 Å². The number of nitrogens with one attached hydrogen (secondary N) is 3. The van der Waals surface area contributed by atoms with E-state index < -0.39 is 11.8 Å². The second kappa shape index (κ2) is 8.27. The van der Waals surface area contributed by atoms with Crippen LogP contribution in [0, 0.1) is 0 Å². The van der Waals surface area contributed by atoms with Crippen molar-refractivity contribution in [3.05, 3.63) is 12.7 Å². The zero-order valence-corrected chi connectivity index (χ0v) is 10.4. The van der Waals surface area contributed by atoms with Gasteiger partial charge in [0.05, 0.1) is 0 Å². The Morgan fingerprint density at radius 1 is 1.19 bits per heavy atom. The van der Waals surface area contributed by atoms with Gasteiger partial charge >= 0.3 is 5.97 Å². The van der Waals surface area contributed by atoms with Gasteiger partial charge in [0.1, 0.15) is 6.61 Å². The van der Waals surface area contributed by atoms with Crippen molar-refractivity contribution in [3.8, 4) is 0 Å². The van der Waals surface area contributed by atoms with Crippen molar-refractivity contribution in [2.24, 2.45) is 0 Å². The summed E-state index contributed by atoms with van der Waals surface area (Å²) >= 11 is 0. The van der Waals surface area contributed by atoms with Gasteiger partial charge in [-0.3, -0.25) is 16.0 Å². The maximum Gasteiger partial charge on any atom is 0.330 e. The summed E-state index contributed by atoms with van der Waals surface area (Å²) in [6.45, 7) is 11.9. The van der Waals surface area contributed by atoms with Crippen LogP contribution in [0.25, 0.3) is 0 Å². The van der Waals surface area contributed by atoms with Crippen LogP contribution in [-0.2, 0) is 9.53 Å². The Morgan fingerprint density at radius 2 is 1.62 bits per heavy atom. The van der Waals surface area contributed by atoms with Gasteiger partial charge in [0.15, 0.2) is 5.79 Å². The summed E-state index contributed by atoms with van der Waals surface area (Å²) in [5, 5.41) is 9.73. The minimum atomic E-state index is -0.559. The van der Waals surface area contributed by atoms with Crippen LogP contribution in [-0.4, -0.2) is 38.0 Å². The molecule has 5 heteroatoms. The van der Waals surface area contributed by atoms with Crippen LogP contribution in [0.2, 0.25) is 0 Å². The van der Waals surface area contributed by atoms with E-state index in [4.69, 9.17) is 4.74 Å². The predicted octanol–water partition coefficient (Wildman–Crippen LogP) is 0.198. The second-order valence-electron chi connectivity index (χ2n) is 3.31. The molecule has 0 aromatic carbocycles. The molecule has 3 N–H and O–H groups in total. The van der Waals surface area contributed by atoms with E-state index in [0.29, 0.717) is 0 Å². The molecular weight excluding hydrogens is 206 g/mol. The fraction of sp³-hybridized carbons (Fsp3) is 0.727. The molecule has 0 aromatic heterocycles. The summed E-state index contributed by atoms with van der Waals surface area (Å²) in [7, 11) is 0. The number of carbonyl (C=O) groups excluding carboxylic acids is 1. The minimum Gasteiger partial charge on any atom is -0.458 e. The minimum absolute atomic E-state index is 0.216. The first kappa shape index (κ1) is 15.1. The third-order valence-corrected chi connectivity index (χ3v) is 2.03. The van der Waals surface area contributed by atoms with Gasteiger partial charge in [0.25, 0.3) is 0 Å². The Balaban J connectivity index is 4.45. The molecular formula is C11H23N3O2. The lowest BCUT2D eigenvalue weighted by Gasteiger charge is -2.35. The topological polar surface area (TPSA) is 62.4 Å². The largest absolute Gasteiger partial charge is 0.458 e. The highest BCUT2D eigenvalue weighted by atomic mass is 16.5. The lowest BCUT2D eigenvalue weighted by atomic mass is 10.3. The van der Waals surface area contributed by atoms with Gasteiger partial charge in [0, 0.05) is 6.08 Å². The number of carbonyl (C=O) groups is 1. The van der Waals surface area contributed by atoms with E-state index in [1.165, 1.54) is 0 Å². The highest BCUT2D eigenvalue weighted by Crippen LogP contribution is 1.97. The second-order valence-corrected chi connectivity index (χ2v) is 3.31. The van der Waals surface area contributed by atoms with Crippen LogP contribution in [0.15, 0.2) is 12.7 Å². The molecule has 0 aliphatic rings. The molecule has 0 saturated carbocycles. The van der Waals surface area contributed by atoms with E-state index >= 15 is 0 Å². The summed E-state index contributed by atoms with van der Waals surface area (Å²) < 4.78 is 5.07. The van der Waals surface area contributed by atoms with E-state index in [9.17, 15) is 4.79 Å². The summed E-state index contributed by atoms with van der Waals surface area (Å²) in [6.07, 6.45) is 1.16. The van der Waals surface area contributed by atoms with Crippen LogP contribution in [0.4, 0.5) is 0 Å². The highest BCUT2D eigenvalue weighted by molar-refractivity contribution is 5.81. The maximum atomic E-state index is 11.0. The summed E-state index contributed by atoms with van der Waals surface area (Å²) in [5.74, 6) is -0.977. The molecule has 0 unspecified atom stereocenters. The van der Waals surface area contributed by atoms with Crippen LogP contribution in [0.5, 0.6) is 0 Å². The lowest BCUT2D eigenvalue weighted by molar-refractivity contribution is -0.141. The zero-order valence-electron chi connectivity index (χ0n) is 10.4. The molecule has 5 nitrogen and oxygen atoms in total. The SMILES string of the molecule is C=CC(=O)OCC(NCC)(NCC)NCC. The monoisotopic (exact) mass is 229 g/mol. The predicted molar refractivity (Wildman–Crippen MR) is 64.9 cm³/mol. The molecule has 0 aliphatic heterocycles. The smallest absolute Gasteiger partial charge is 0.330 e. The van der Waals surface area contributed by atoms with Gasteiger partial charge < -0.3 is 4.74 Å². The number of hydrogen-bond donors (Lipinski definition) is 3. The van der Waals surface area contributed by atoms with Crippen molar-refractivity contribution in [3.63, 3.8) is 0 Å². The molecule has 94 valence electrons. The van der Waals surface area contributed by atoms with Gasteiger partial charge in [-0.15, -0.1) is 0 Å². The standard InChI is InChI=1S/C11H23N3O2/c1-5-10(15)16-9-11(12-6-2,13-7-3)14-8-4/h5,12-14H,1,6-9H2,2-4H3. The molecule has 0 aliphatic carbocycles. The number of hydrogen-bond acceptors (Lipinski definition) is 5. The molecule has 0 aromatic rings. The van der Waals surface area contributed by atoms with Crippen molar-refractivity contribution >= 4 is 5.97 Å². The van der Waals surface area contributed by atoms with Crippen molar-refractivity contribution in [1.29, 1.82) is 0 Å². The van der Waals surface area contributed by atoms with Crippen molar-refractivity contribution in [1.82, 2.24) is 16.0 Å². The quantitative estimate of drug-likeness (QED) is 0.299. The van der Waals surface area contributed by atoms with Gasteiger partial charge in [-0.1, -0.05) is 27.4 Å². The zero-order chi connectivity index (χ0) is 12.4. The third-order valence-electron chi connectivity index (χ3n) is 2.03. The van der Waals surface area contributed by atoms with E-state index in [0.717, 1.165) is 25.7 Å². The Bertz CT molecular complexity index is 202. The molecule has 0 amide bonds. The van der Waals surface area contributed by atoms with Crippen molar-refractivity contribution in [2.75, 3.05) is 26.2 Å². The average molecular weight is 229 g/mol. The molecule has 0 atom stereocenters.